The van der Waals surface area contributed by atoms with Gasteiger partial charge in [-0.3, -0.25) is 4.90 Å². The monoisotopic (exact) mass is 252 g/mol. The van der Waals surface area contributed by atoms with Gasteiger partial charge in [0.2, 0.25) is 0 Å². The second kappa shape index (κ2) is 7.27. The molecule has 0 radical (unpaired) electrons. The number of nitrogens with zero attached hydrogens (tertiary/aromatic N) is 1. The fraction of sp³-hybridized carbons (Fsp3) is 0.867. The molecule has 2 aliphatic heterocycles. The Bertz CT molecular complexity index is 278. The molecule has 2 rings (SSSR count). The summed E-state index contributed by atoms with van der Waals surface area (Å²) in [6, 6.07) is 0.709. The van der Waals surface area contributed by atoms with Gasteiger partial charge in [-0.15, -0.1) is 0 Å². The maximum absolute atomic E-state index is 5.20. The van der Waals surface area contributed by atoms with E-state index in [1.54, 1.807) is 7.11 Å². The molecule has 0 saturated carbocycles. The van der Waals surface area contributed by atoms with Gasteiger partial charge in [-0.05, 0) is 37.3 Å². The van der Waals surface area contributed by atoms with Gasteiger partial charge in [0.05, 0.1) is 6.61 Å². The van der Waals surface area contributed by atoms with Crippen LogP contribution in [0.25, 0.3) is 0 Å². The van der Waals surface area contributed by atoms with Gasteiger partial charge in [0.1, 0.15) is 0 Å². The highest BCUT2D eigenvalue weighted by Crippen LogP contribution is 2.20. The van der Waals surface area contributed by atoms with Crippen LogP contribution in [0.15, 0.2) is 11.6 Å². The zero-order valence-electron chi connectivity index (χ0n) is 12.0. The van der Waals surface area contributed by atoms with Crippen molar-refractivity contribution in [1.29, 1.82) is 0 Å². The molecule has 0 aromatic carbocycles. The Morgan fingerprint density at radius 1 is 1.50 bits per heavy atom. The van der Waals surface area contributed by atoms with Crippen molar-refractivity contribution in [2.75, 3.05) is 39.9 Å². The first-order valence-electron chi connectivity index (χ1n) is 7.44. The minimum atomic E-state index is 0.709. The molecule has 1 saturated heterocycles. The summed E-state index contributed by atoms with van der Waals surface area (Å²) in [6.07, 6.45) is 7.60. The first-order valence-corrected chi connectivity index (χ1v) is 7.44. The van der Waals surface area contributed by atoms with Crippen LogP contribution in [0.2, 0.25) is 0 Å². The fourth-order valence-corrected chi connectivity index (χ4v) is 3.15. The molecule has 2 heterocycles. The third-order valence-corrected chi connectivity index (χ3v) is 4.38. The van der Waals surface area contributed by atoms with E-state index in [0.29, 0.717) is 6.04 Å². The molecule has 3 nitrogen and oxygen atoms in total. The quantitative estimate of drug-likeness (QED) is 0.758. The molecule has 0 amide bonds. The molecule has 0 spiro atoms. The Kier molecular flexibility index (Phi) is 5.67. The van der Waals surface area contributed by atoms with Crippen molar-refractivity contribution in [3.8, 4) is 0 Å². The summed E-state index contributed by atoms with van der Waals surface area (Å²) < 4.78 is 5.20. The Hall–Kier alpha value is -0.380. The average molecular weight is 252 g/mol. The van der Waals surface area contributed by atoms with Gasteiger partial charge >= 0.3 is 0 Å². The molecule has 18 heavy (non-hydrogen) atoms. The van der Waals surface area contributed by atoms with Crippen LogP contribution in [0, 0.1) is 5.92 Å². The maximum Gasteiger partial charge on any atom is 0.0673 e. The van der Waals surface area contributed by atoms with Crippen molar-refractivity contribution < 1.29 is 4.74 Å². The van der Waals surface area contributed by atoms with Gasteiger partial charge in [-0.25, -0.2) is 0 Å². The van der Waals surface area contributed by atoms with Gasteiger partial charge in [0.25, 0.3) is 0 Å². The number of ether oxygens (including phenoxy) is 1. The van der Waals surface area contributed by atoms with Crippen molar-refractivity contribution in [3.63, 3.8) is 0 Å². The van der Waals surface area contributed by atoms with Crippen molar-refractivity contribution >= 4 is 0 Å². The molecule has 0 aliphatic carbocycles. The predicted octanol–water partition coefficient (Wildman–Crippen LogP) is 2.04. The molecule has 1 N–H and O–H groups in total. The second-order valence-electron chi connectivity index (χ2n) is 5.75. The van der Waals surface area contributed by atoms with E-state index < -0.39 is 0 Å². The average Bonchev–Trinajstić information content (AvgIpc) is 2.42. The van der Waals surface area contributed by atoms with Crippen LogP contribution in [0.5, 0.6) is 0 Å². The van der Waals surface area contributed by atoms with Crippen LogP contribution in [-0.2, 0) is 4.74 Å². The van der Waals surface area contributed by atoms with Gasteiger partial charge in [0, 0.05) is 32.8 Å². The Balaban J connectivity index is 1.74. The van der Waals surface area contributed by atoms with E-state index in [1.165, 1.54) is 50.9 Å². The summed E-state index contributed by atoms with van der Waals surface area (Å²) >= 11 is 0. The van der Waals surface area contributed by atoms with Crippen LogP contribution >= 0.6 is 0 Å². The molecule has 0 aromatic heterocycles. The number of nitrogens with one attached hydrogen (secondary N) is 1. The van der Waals surface area contributed by atoms with E-state index in [1.807, 2.05) is 0 Å². The highest BCUT2D eigenvalue weighted by atomic mass is 16.5. The van der Waals surface area contributed by atoms with Crippen LogP contribution < -0.4 is 5.32 Å². The second-order valence-corrected chi connectivity index (χ2v) is 5.75. The first kappa shape index (κ1) is 14.0. The number of piperidine rings is 1. The molecule has 2 atom stereocenters. The minimum Gasteiger partial charge on any atom is -0.380 e. The molecular formula is C15H28N2O. The van der Waals surface area contributed by atoms with Crippen molar-refractivity contribution in [2.45, 2.75) is 38.6 Å². The standard InChI is InChI=1S/C15H28N2O/c1-3-13-4-7-16-15(10-13)11-17-8-5-14(6-9-17)12-18-2/h5,13,15-16H,3-4,6-12H2,1-2H3. The number of hydrogen-bond acceptors (Lipinski definition) is 3. The maximum atomic E-state index is 5.20. The summed E-state index contributed by atoms with van der Waals surface area (Å²) in [7, 11) is 1.78. The third kappa shape index (κ3) is 4.08. The van der Waals surface area contributed by atoms with Crippen LogP contribution in [-0.4, -0.2) is 50.8 Å². The topological polar surface area (TPSA) is 24.5 Å². The highest BCUT2D eigenvalue weighted by molar-refractivity contribution is 5.08. The van der Waals surface area contributed by atoms with Crippen LogP contribution in [0.1, 0.15) is 32.6 Å². The lowest BCUT2D eigenvalue weighted by Gasteiger charge is -2.35. The lowest BCUT2D eigenvalue weighted by molar-refractivity contribution is 0.192. The normalized spacial score (nSPS) is 30.2. The summed E-state index contributed by atoms with van der Waals surface area (Å²) in [4.78, 5) is 2.58. The summed E-state index contributed by atoms with van der Waals surface area (Å²) in [6.45, 7) is 7.87. The first-order chi connectivity index (χ1) is 8.81. The molecule has 0 bridgehead atoms. The predicted molar refractivity (Wildman–Crippen MR) is 75.8 cm³/mol. The zero-order valence-corrected chi connectivity index (χ0v) is 12.0. The molecule has 0 aromatic rings. The number of rotatable bonds is 5. The van der Waals surface area contributed by atoms with E-state index in [-0.39, 0.29) is 0 Å². The smallest absolute Gasteiger partial charge is 0.0673 e. The Morgan fingerprint density at radius 3 is 3.06 bits per heavy atom. The van der Waals surface area contributed by atoms with Crippen LogP contribution in [0.4, 0.5) is 0 Å². The molecule has 3 heteroatoms. The van der Waals surface area contributed by atoms with E-state index in [4.69, 9.17) is 4.74 Å². The zero-order chi connectivity index (χ0) is 12.8. The molecule has 1 fully saturated rings. The lowest BCUT2D eigenvalue weighted by Crippen LogP contribution is -2.46. The summed E-state index contributed by atoms with van der Waals surface area (Å²) in [5.74, 6) is 0.945. The van der Waals surface area contributed by atoms with E-state index in [9.17, 15) is 0 Å². The molecular weight excluding hydrogens is 224 g/mol. The highest BCUT2D eigenvalue weighted by Gasteiger charge is 2.22. The van der Waals surface area contributed by atoms with Crippen molar-refractivity contribution in [2.24, 2.45) is 5.92 Å². The number of methoxy groups -OCH3 is 1. The van der Waals surface area contributed by atoms with Crippen molar-refractivity contribution in [1.82, 2.24) is 10.2 Å². The third-order valence-electron chi connectivity index (χ3n) is 4.38. The van der Waals surface area contributed by atoms with Crippen molar-refractivity contribution in [3.05, 3.63) is 11.6 Å². The lowest BCUT2D eigenvalue weighted by atomic mass is 9.90. The van der Waals surface area contributed by atoms with Gasteiger partial charge in [-0.1, -0.05) is 19.4 Å². The van der Waals surface area contributed by atoms with E-state index >= 15 is 0 Å². The minimum absolute atomic E-state index is 0.709. The Labute approximate surface area is 112 Å². The summed E-state index contributed by atoms with van der Waals surface area (Å²) in [5.41, 5.74) is 1.47. The fourth-order valence-electron chi connectivity index (χ4n) is 3.15. The van der Waals surface area contributed by atoms with E-state index in [2.05, 4.69) is 23.2 Å². The van der Waals surface area contributed by atoms with E-state index in [0.717, 1.165) is 19.1 Å². The molecule has 104 valence electrons. The van der Waals surface area contributed by atoms with Gasteiger partial charge < -0.3 is 10.1 Å². The largest absolute Gasteiger partial charge is 0.380 e. The molecule has 2 unspecified atom stereocenters. The van der Waals surface area contributed by atoms with Gasteiger partial charge in [0.15, 0.2) is 0 Å². The summed E-state index contributed by atoms with van der Waals surface area (Å²) in [5, 5.41) is 3.68. The SMILES string of the molecule is CCC1CCNC(CN2CC=C(COC)CC2)C1. The Morgan fingerprint density at radius 2 is 2.39 bits per heavy atom. The molecule has 2 aliphatic rings. The van der Waals surface area contributed by atoms with Gasteiger partial charge in [-0.2, -0.15) is 0 Å². The number of hydrogen-bond donors (Lipinski definition) is 1. The van der Waals surface area contributed by atoms with Crippen LogP contribution in [0.3, 0.4) is 0 Å².